The maximum atomic E-state index is 12.6. The van der Waals surface area contributed by atoms with E-state index in [0.29, 0.717) is 12.8 Å². The lowest BCUT2D eigenvalue weighted by Crippen LogP contribution is -2.55. The topological polar surface area (TPSA) is 102 Å². The van der Waals surface area contributed by atoms with Crippen LogP contribution >= 0.6 is 0 Å². The zero-order valence-corrected chi connectivity index (χ0v) is 31.8. The first kappa shape index (κ1) is 46.3. The Balaban J connectivity index is 4.49. The number of carboxylic acids is 1. The summed E-state index contributed by atoms with van der Waals surface area (Å²) in [7, 11) is 5.38. The molecule has 0 aliphatic heterocycles. The van der Waals surface area contributed by atoms with Gasteiger partial charge in [-0.05, 0) is 32.1 Å². The fourth-order valence-electron chi connectivity index (χ4n) is 5.31. The molecule has 0 heterocycles. The fourth-order valence-corrected chi connectivity index (χ4v) is 5.31. The van der Waals surface area contributed by atoms with Crippen LogP contribution in [0.5, 0.6) is 0 Å². The third-order valence-electron chi connectivity index (χ3n) is 8.32. The molecule has 0 fully saturated rings. The second-order valence-electron chi connectivity index (χ2n) is 13.9. The average molecular weight is 690 g/mol. The van der Waals surface area contributed by atoms with Gasteiger partial charge in [-0.15, -0.1) is 0 Å². The van der Waals surface area contributed by atoms with Crippen molar-refractivity contribution in [2.24, 2.45) is 0 Å². The summed E-state index contributed by atoms with van der Waals surface area (Å²) < 4.78 is 17.0. The van der Waals surface area contributed by atoms with E-state index in [1.165, 1.54) is 57.8 Å². The van der Waals surface area contributed by atoms with Crippen LogP contribution in [0.1, 0.15) is 142 Å². The Labute approximate surface area is 299 Å². The van der Waals surface area contributed by atoms with E-state index >= 15 is 0 Å². The highest BCUT2D eigenvalue weighted by molar-refractivity contribution is 5.70. The molecule has 0 saturated heterocycles. The molecule has 0 rings (SSSR count). The molecule has 49 heavy (non-hydrogen) atoms. The van der Waals surface area contributed by atoms with Crippen molar-refractivity contribution in [3.8, 4) is 0 Å². The van der Waals surface area contributed by atoms with Gasteiger partial charge in [-0.3, -0.25) is 9.59 Å². The van der Waals surface area contributed by atoms with Gasteiger partial charge in [-0.2, -0.15) is 0 Å². The van der Waals surface area contributed by atoms with Gasteiger partial charge in [0.15, 0.2) is 6.10 Å². The van der Waals surface area contributed by atoms with Crippen molar-refractivity contribution in [3.63, 3.8) is 0 Å². The normalized spacial score (nSPS) is 13.6. The predicted molar refractivity (Wildman–Crippen MR) is 199 cm³/mol. The van der Waals surface area contributed by atoms with Crippen LogP contribution in [0.2, 0.25) is 0 Å². The monoisotopic (exact) mass is 690 g/mol. The molecular formula is C41H71NO7. The number of unbranched alkanes of at least 4 members (excludes halogenated alkanes) is 14. The van der Waals surface area contributed by atoms with E-state index < -0.39 is 18.1 Å². The molecule has 2 unspecified atom stereocenters. The lowest BCUT2D eigenvalue weighted by Gasteiger charge is -2.34. The minimum absolute atomic E-state index is 0.0282. The molecule has 0 aromatic heterocycles. The van der Waals surface area contributed by atoms with E-state index in [1.54, 1.807) is 21.1 Å². The van der Waals surface area contributed by atoms with Gasteiger partial charge in [-0.25, -0.2) is 0 Å². The number of nitrogens with zero attached hydrogens (tertiary/aromatic N) is 1. The summed E-state index contributed by atoms with van der Waals surface area (Å²) in [6, 6.07) is -0.730. The van der Waals surface area contributed by atoms with E-state index in [9.17, 15) is 19.5 Å². The Kier molecular flexibility index (Phi) is 30.7. The molecule has 0 saturated carbocycles. The first-order valence-electron chi connectivity index (χ1n) is 19.2. The molecule has 0 spiro atoms. The largest absolute Gasteiger partial charge is 0.544 e. The zero-order valence-electron chi connectivity index (χ0n) is 31.8. The molecule has 282 valence electrons. The van der Waals surface area contributed by atoms with Gasteiger partial charge in [0.2, 0.25) is 0 Å². The van der Waals surface area contributed by atoms with Crippen LogP contribution in [0.4, 0.5) is 0 Å². The van der Waals surface area contributed by atoms with Gasteiger partial charge in [-0.1, -0.05) is 140 Å². The van der Waals surface area contributed by atoms with Crippen LogP contribution in [0.3, 0.4) is 0 Å². The number of carbonyl (C=O) groups excluding carboxylic acids is 3. The first-order chi connectivity index (χ1) is 23.6. The minimum Gasteiger partial charge on any atom is -0.544 e. The highest BCUT2D eigenvalue weighted by Crippen LogP contribution is 2.14. The van der Waals surface area contributed by atoms with Gasteiger partial charge in [0.1, 0.15) is 12.6 Å². The summed E-state index contributed by atoms with van der Waals surface area (Å²) in [6.45, 7) is 4.45. The number of aliphatic carboxylic acids is 1. The maximum absolute atomic E-state index is 12.6. The van der Waals surface area contributed by atoms with Crippen molar-refractivity contribution in [2.75, 3.05) is 41.0 Å². The van der Waals surface area contributed by atoms with E-state index in [2.05, 4.69) is 26.0 Å². The second-order valence-corrected chi connectivity index (χ2v) is 13.9. The van der Waals surface area contributed by atoms with E-state index in [1.807, 2.05) is 36.5 Å². The Morgan fingerprint density at radius 1 is 0.633 bits per heavy atom. The Morgan fingerprint density at radius 2 is 1.14 bits per heavy atom. The first-order valence-corrected chi connectivity index (χ1v) is 19.2. The second kappa shape index (κ2) is 32.5. The number of ether oxygens (including phenoxy) is 3. The molecule has 0 aromatic carbocycles. The smallest absolute Gasteiger partial charge is 0.306 e. The van der Waals surface area contributed by atoms with Crippen molar-refractivity contribution >= 4 is 17.9 Å². The molecule has 0 aliphatic rings. The quantitative estimate of drug-likeness (QED) is 0.0295. The Morgan fingerprint density at radius 3 is 1.69 bits per heavy atom. The fraction of sp³-hybridized carbons (Fsp3) is 0.732. The van der Waals surface area contributed by atoms with Gasteiger partial charge < -0.3 is 28.6 Å². The van der Waals surface area contributed by atoms with E-state index in [4.69, 9.17) is 14.2 Å². The minimum atomic E-state index is -1.13. The molecular weight excluding hydrogens is 618 g/mol. The van der Waals surface area contributed by atoms with E-state index in [0.717, 1.165) is 51.4 Å². The number of allylic oxidation sites excluding steroid dienone is 8. The van der Waals surface area contributed by atoms with Gasteiger partial charge in [0.25, 0.3) is 0 Å². The maximum Gasteiger partial charge on any atom is 0.306 e. The number of rotatable bonds is 33. The zero-order chi connectivity index (χ0) is 36.4. The molecule has 8 heteroatoms. The summed E-state index contributed by atoms with van der Waals surface area (Å²) in [4.78, 5) is 36.6. The van der Waals surface area contributed by atoms with Crippen molar-refractivity contribution in [2.45, 2.75) is 154 Å². The van der Waals surface area contributed by atoms with Gasteiger partial charge >= 0.3 is 11.9 Å². The van der Waals surface area contributed by atoms with Crippen LogP contribution < -0.4 is 5.11 Å². The SMILES string of the molecule is CC/C=C/C=C/C=C/C=C/CCCCCC(=O)OCC(COCCC(C(=O)[O-])[N+](C)(C)C)OC(=O)CCCCCCCCCCCCCC. The van der Waals surface area contributed by atoms with Gasteiger partial charge in [0, 0.05) is 19.3 Å². The standard InChI is InChI=1S/C41H71NO7/c1-6-8-10-12-14-16-18-20-22-23-25-27-29-31-39(43)48-36-37(35-47-34-33-38(41(45)46)42(3,4)5)49-40(44)32-30-28-26-24-21-19-17-15-13-11-9-7-2/h8,10,12,14,16,18,20,22,37-38H,6-7,9,11,13,15,17,19,21,23-36H2,1-5H3/b10-8+,14-12+,18-16+,22-20+. The lowest BCUT2D eigenvalue weighted by molar-refractivity contribution is -0.889. The number of esters is 2. The van der Waals surface area contributed by atoms with Gasteiger partial charge in [0.05, 0.1) is 40.3 Å². The van der Waals surface area contributed by atoms with Crippen molar-refractivity contribution in [1.82, 2.24) is 0 Å². The molecule has 8 nitrogen and oxygen atoms in total. The number of likely N-dealkylation sites (N-methyl/N-ethyl adjacent to an activating group) is 1. The number of quaternary nitrogens is 1. The molecule has 2 atom stereocenters. The van der Waals surface area contributed by atoms with Crippen molar-refractivity contribution in [1.29, 1.82) is 0 Å². The van der Waals surface area contributed by atoms with Crippen LogP contribution in [-0.4, -0.2) is 75.5 Å². The van der Waals surface area contributed by atoms with Crippen molar-refractivity contribution in [3.05, 3.63) is 48.6 Å². The molecule has 0 aromatic rings. The molecule has 0 amide bonds. The Bertz CT molecular complexity index is 948. The summed E-state index contributed by atoms with van der Waals surface area (Å²) in [5, 5.41) is 11.6. The number of hydrogen-bond donors (Lipinski definition) is 0. The van der Waals surface area contributed by atoms with Crippen LogP contribution in [0, 0.1) is 0 Å². The number of carbonyl (C=O) groups is 3. The molecule has 0 bridgehead atoms. The number of carboxylic acid groups (broad SMARTS) is 1. The third kappa shape index (κ3) is 31.0. The Hall–Kier alpha value is -2.71. The average Bonchev–Trinajstić information content (AvgIpc) is 3.05. The molecule has 0 aliphatic carbocycles. The summed E-state index contributed by atoms with van der Waals surface area (Å²) in [6.07, 6.45) is 35.6. The third-order valence-corrected chi connectivity index (χ3v) is 8.32. The van der Waals surface area contributed by atoms with Crippen LogP contribution in [0.25, 0.3) is 0 Å². The van der Waals surface area contributed by atoms with Crippen LogP contribution in [0.15, 0.2) is 48.6 Å². The summed E-state index contributed by atoms with van der Waals surface area (Å²) in [5.41, 5.74) is 0. The highest BCUT2D eigenvalue weighted by atomic mass is 16.6. The predicted octanol–water partition coefficient (Wildman–Crippen LogP) is 8.35. The molecule has 0 radical (unpaired) electrons. The van der Waals surface area contributed by atoms with E-state index in [-0.39, 0.29) is 42.7 Å². The summed E-state index contributed by atoms with van der Waals surface area (Å²) in [5.74, 6) is -1.79. The van der Waals surface area contributed by atoms with Crippen LogP contribution in [-0.2, 0) is 28.6 Å². The molecule has 0 N–H and O–H groups in total. The number of hydrogen-bond acceptors (Lipinski definition) is 7. The lowest BCUT2D eigenvalue weighted by atomic mass is 10.0. The highest BCUT2D eigenvalue weighted by Gasteiger charge is 2.25. The summed E-state index contributed by atoms with van der Waals surface area (Å²) >= 11 is 0. The van der Waals surface area contributed by atoms with Crippen molar-refractivity contribution < 1.29 is 38.2 Å².